The minimum Gasteiger partial charge on any atom is -0.402 e. The summed E-state index contributed by atoms with van der Waals surface area (Å²) in [6.45, 7) is 7.78. The topological polar surface area (TPSA) is 46.3 Å². The number of carbonyl (C=O) groups is 1. The van der Waals surface area contributed by atoms with Crippen molar-refractivity contribution in [3.63, 3.8) is 0 Å². The first kappa shape index (κ1) is 11.8. The van der Waals surface area contributed by atoms with Gasteiger partial charge < -0.3 is 15.4 Å². The molecule has 0 saturated heterocycles. The van der Waals surface area contributed by atoms with Crippen molar-refractivity contribution in [2.75, 3.05) is 7.05 Å². The van der Waals surface area contributed by atoms with E-state index in [-0.39, 0.29) is 11.5 Å². The van der Waals surface area contributed by atoms with Gasteiger partial charge in [-0.15, -0.1) is 0 Å². The van der Waals surface area contributed by atoms with Gasteiger partial charge in [0.05, 0.1) is 5.54 Å². The highest BCUT2D eigenvalue weighted by Crippen LogP contribution is 2.38. The Hall–Kier alpha value is -1.25. The molecule has 0 amide bonds. The largest absolute Gasteiger partial charge is 0.402 e. The Morgan fingerprint density at radius 1 is 1.80 bits per heavy atom. The normalized spacial score (nSPS) is 26.6. The molecule has 1 heterocycles. The molecule has 0 saturated carbocycles. The van der Waals surface area contributed by atoms with Crippen LogP contribution < -0.4 is 5.73 Å². The molecule has 3 heteroatoms. The third-order valence-corrected chi connectivity index (χ3v) is 3.02. The fourth-order valence-corrected chi connectivity index (χ4v) is 2.02. The van der Waals surface area contributed by atoms with Crippen molar-refractivity contribution in [1.29, 1.82) is 0 Å². The molecule has 1 aliphatic heterocycles. The second kappa shape index (κ2) is 4.09. The summed E-state index contributed by atoms with van der Waals surface area (Å²) in [5, 5.41) is 0. The lowest BCUT2D eigenvalue weighted by atomic mass is 9.83. The van der Waals surface area contributed by atoms with E-state index in [1.54, 1.807) is 0 Å². The zero-order valence-electron chi connectivity index (χ0n) is 9.79. The predicted molar refractivity (Wildman–Crippen MR) is 62.0 cm³/mol. The molecule has 0 aromatic rings. The highest BCUT2D eigenvalue weighted by atomic mass is 16.1. The van der Waals surface area contributed by atoms with Crippen molar-refractivity contribution in [1.82, 2.24) is 4.90 Å². The van der Waals surface area contributed by atoms with Crippen LogP contribution >= 0.6 is 0 Å². The summed E-state index contributed by atoms with van der Waals surface area (Å²) < 4.78 is 0. The molecule has 1 aliphatic rings. The SMILES string of the molecule is C=C(N)CC1(C)C=C(CC(C)C=O)N1C. The van der Waals surface area contributed by atoms with Gasteiger partial charge in [-0.05, 0) is 19.4 Å². The summed E-state index contributed by atoms with van der Waals surface area (Å²) in [6.07, 6.45) is 4.76. The van der Waals surface area contributed by atoms with Crippen molar-refractivity contribution in [3.05, 3.63) is 24.0 Å². The molecule has 0 aromatic carbocycles. The van der Waals surface area contributed by atoms with Gasteiger partial charge in [-0.1, -0.05) is 13.5 Å². The maximum atomic E-state index is 10.5. The van der Waals surface area contributed by atoms with Crippen LogP contribution in [0, 0.1) is 5.92 Å². The van der Waals surface area contributed by atoms with Gasteiger partial charge in [0, 0.05) is 30.8 Å². The monoisotopic (exact) mass is 208 g/mol. The molecule has 0 aromatic heterocycles. The lowest BCUT2D eigenvalue weighted by molar-refractivity contribution is -0.110. The van der Waals surface area contributed by atoms with Crippen LogP contribution in [0.3, 0.4) is 0 Å². The van der Waals surface area contributed by atoms with Gasteiger partial charge in [0.15, 0.2) is 0 Å². The van der Waals surface area contributed by atoms with Crippen molar-refractivity contribution >= 4 is 6.29 Å². The molecule has 2 N–H and O–H groups in total. The van der Waals surface area contributed by atoms with E-state index >= 15 is 0 Å². The smallest absolute Gasteiger partial charge is 0.123 e. The Bertz CT molecular complexity index is 309. The highest BCUT2D eigenvalue weighted by Gasteiger charge is 2.37. The Balaban J connectivity index is 2.63. The van der Waals surface area contributed by atoms with Gasteiger partial charge in [0.25, 0.3) is 0 Å². The Labute approximate surface area is 91.6 Å². The van der Waals surface area contributed by atoms with E-state index in [2.05, 4.69) is 24.5 Å². The van der Waals surface area contributed by atoms with E-state index < -0.39 is 0 Å². The van der Waals surface area contributed by atoms with E-state index in [9.17, 15) is 4.79 Å². The van der Waals surface area contributed by atoms with Gasteiger partial charge in [-0.3, -0.25) is 0 Å². The summed E-state index contributed by atoms with van der Waals surface area (Å²) in [5.74, 6) is 0.0873. The third kappa shape index (κ3) is 2.41. The van der Waals surface area contributed by atoms with Crippen LogP contribution in [0.2, 0.25) is 0 Å². The van der Waals surface area contributed by atoms with E-state index in [1.165, 1.54) is 5.70 Å². The number of hydrogen-bond donors (Lipinski definition) is 1. The minimum atomic E-state index is -0.0101. The van der Waals surface area contributed by atoms with Gasteiger partial charge in [-0.25, -0.2) is 0 Å². The molecule has 1 rings (SSSR count). The molecule has 3 nitrogen and oxygen atoms in total. The molecule has 0 spiro atoms. The number of aldehydes is 1. The zero-order valence-corrected chi connectivity index (χ0v) is 9.79. The zero-order chi connectivity index (χ0) is 11.6. The number of carbonyl (C=O) groups excluding carboxylic acids is 1. The first-order chi connectivity index (χ1) is 6.89. The summed E-state index contributed by atoms with van der Waals surface area (Å²) in [7, 11) is 2.04. The summed E-state index contributed by atoms with van der Waals surface area (Å²) in [4.78, 5) is 12.7. The second-order valence-electron chi connectivity index (χ2n) is 4.70. The molecule has 2 unspecified atom stereocenters. The number of nitrogens with two attached hydrogens (primary N) is 1. The third-order valence-electron chi connectivity index (χ3n) is 3.02. The second-order valence-corrected chi connectivity index (χ2v) is 4.70. The number of allylic oxidation sites excluding steroid dienone is 1. The van der Waals surface area contributed by atoms with Crippen LogP contribution in [0.4, 0.5) is 0 Å². The first-order valence-corrected chi connectivity index (χ1v) is 5.23. The molecule has 15 heavy (non-hydrogen) atoms. The number of likely N-dealkylation sites (N-methyl/N-ethyl adjacent to an activating group) is 1. The first-order valence-electron chi connectivity index (χ1n) is 5.23. The average molecular weight is 208 g/mol. The number of nitrogens with zero attached hydrogens (tertiary/aromatic N) is 1. The maximum absolute atomic E-state index is 10.5. The van der Waals surface area contributed by atoms with E-state index in [0.29, 0.717) is 5.70 Å². The van der Waals surface area contributed by atoms with Gasteiger partial charge >= 0.3 is 0 Å². The highest BCUT2D eigenvalue weighted by molar-refractivity contribution is 5.53. The van der Waals surface area contributed by atoms with Crippen LogP contribution in [-0.4, -0.2) is 23.8 Å². The Morgan fingerprint density at radius 3 is 2.80 bits per heavy atom. The van der Waals surface area contributed by atoms with Crippen LogP contribution in [0.15, 0.2) is 24.0 Å². The van der Waals surface area contributed by atoms with Crippen molar-refractivity contribution < 1.29 is 4.79 Å². The molecule has 0 fully saturated rings. The van der Waals surface area contributed by atoms with Gasteiger partial charge in [-0.2, -0.15) is 0 Å². The molecule has 0 radical (unpaired) electrons. The average Bonchev–Trinajstić information content (AvgIpc) is 2.15. The fraction of sp³-hybridized carbons (Fsp3) is 0.583. The molecule has 0 aliphatic carbocycles. The van der Waals surface area contributed by atoms with Crippen molar-refractivity contribution in [3.8, 4) is 0 Å². The molecular formula is C12H20N2O. The van der Waals surface area contributed by atoms with E-state index in [0.717, 1.165) is 19.1 Å². The van der Waals surface area contributed by atoms with Crippen molar-refractivity contribution in [2.45, 2.75) is 32.2 Å². The molecular weight excluding hydrogens is 188 g/mol. The van der Waals surface area contributed by atoms with E-state index in [4.69, 9.17) is 5.73 Å². The number of hydrogen-bond acceptors (Lipinski definition) is 3. The minimum absolute atomic E-state index is 0.0101. The Morgan fingerprint density at radius 2 is 2.40 bits per heavy atom. The van der Waals surface area contributed by atoms with Crippen LogP contribution in [0.5, 0.6) is 0 Å². The summed E-state index contributed by atoms with van der Waals surface area (Å²) in [5.41, 5.74) is 7.52. The van der Waals surface area contributed by atoms with Gasteiger partial charge in [0.1, 0.15) is 6.29 Å². The standard InChI is InChI=1S/C12H20N2O/c1-9(8-15)5-11-7-12(3,14(11)4)6-10(2)13/h7-9H,2,5-6,13H2,1,3-4H3. The lowest BCUT2D eigenvalue weighted by Gasteiger charge is -2.49. The van der Waals surface area contributed by atoms with E-state index in [1.807, 2.05) is 14.0 Å². The molecule has 84 valence electrons. The Kier molecular flexibility index (Phi) is 3.22. The molecule has 2 atom stereocenters. The summed E-state index contributed by atoms with van der Waals surface area (Å²) >= 11 is 0. The van der Waals surface area contributed by atoms with Crippen LogP contribution in [-0.2, 0) is 4.79 Å². The maximum Gasteiger partial charge on any atom is 0.123 e. The van der Waals surface area contributed by atoms with Crippen LogP contribution in [0.25, 0.3) is 0 Å². The predicted octanol–water partition coefficient (Wildman–Crippen LogP) is 1.66. The quantitative estimate of drug-likeness (QED) is 0.699. The van der Waals surface area contributed by atoms with Crippen molar-refractivity contribution in [2.24, 2.45) is 11.7 Å². The number of rotatable bonds is 5. The summed E-state index contributed by atoms with van der Waals surface area (Å²) in [6, 6.07) is 0. The lowest BCUT2D eigenvalue weighted by Crippen LogP contribution is -2.50. The fourth-order valence-electron chi connectivity index (χ4n) is 2.02. The van der Waals surface area contributed by atoms with Crippen LogP contribution in [0.1, 0.15) is 26.7 Å². The molecule has 0 bridgehead atoms. The van der Waals surface area contributed by atoms with Gasteiger partial charge in [0.2, 0.25) is 0 Å².